The summed E-state index contributed by atoms with van der Waals surface area (Å²) in [4.78, 5) is 20.2. The molecule has 138 valence electrons. The molecule has 4 rings (SSSR count). The van der Waals surface area contributed by atoms with Gasteiger partial charge in [-0.1, -0.05) is 47.9 Å². The van der Waals surface area contributed by atoms with E-state index in [1.165, 1.54) is 0 Å². The molecule has 4 aromatic rings. The second-order valence-electron chi connectivity index (χ2n) is 6.08. The van der Waals surface area contributed by atoms with Crippen molar-refractivity contribution >= 4 is 28.3 Å². The highest BCUT2D eigenvalue weighted by Gasteiger charge is 2.16. The highest BCUT2D eigenvalue weighted by Crippen LogP contribution is 2.33. The van der Waals surface area contributed by atoms with E-state index in [4.69, 9.17) is 11.6 Å². The molecule has 7 heteroatoms. The summed E-state index contributed by atoms with van der Waals surface area (Å²) in [5.41, 5.74) is 3.29. The number of aromatic amines is 2. The molecule has 2 heterocycles. The SMILES string of the molecule is CC#CCNc1nc(-c2ccccc2)c(-c2cc(Cl)c3[nH]ncc3c2)[nH]c1=O. The van der Waals surface area contributed by atoms with E-state index in [-0.39, 0.29) is 11.4 Å². The number of halogens is 1. The Balaban J connectivity index is 1.92. The van der Waals surface area contributed by atoms with Gasteiger partial charge in [0.15, 0.2) is 5.82 Å². The van der Waals surface area contributed by atoms with Crippen LogP contribution in [0.3, 0.4) is 0 Å². The molecule has 0 atom stereocenters. The summed E-state index contributed by atoms with van der Waals surface area (Å²) in [7, 11) is 0. The summed E-state index contributed by atoms with van der Waals surface area (Å²) < 4.78 is 0. The first kappa shape index (κ1) is 17.8. The van der Waals surface area contributed by atoms with Crippen LogP contribution in [0.2, 0.25) is 5.02 Å². The topological polar surface area (TPSA) is 86.5 Å². The quantitative estimate of drug-likeness (QED) is 0.459. The van der Waals surface area contributed by atoms with Crippen LogP contribution >= 0.6 is 11.6 Å². The highest BCUT2D eigenvalue weighted by molar-refractivity contribution is 6.35. The molecule has 0 aliphatic heterocycles. The number of anilines is 1. The van der Waals surface area contributed by atoms with Crippen molar-refractivity contribution in [2.75, 3.05) is 11.9 Å². The van der Waals surface area contributed by atoms with Gasteiger partial charge in [0.25, 0.3) is 5.56 Å². The van der Waals surface area contributed by atoms with E-state index < -0.39 is 0 Å². The molecule has 0 aliphatic carbocycles. The zero-order chi connectivity index (χ0) is 19.5. The lowest BCUT2D eigenvalue weighted by Gasteiger charge is -2.12. The minimum atomic E-state index is -0.323. The zero-order valence-electron chi connectivity index (χ0n) is 15.0. The molecule has 2 aromatic carbocycles. The lowest BCUT2D eigenvalue weighted by Crippen LogP contribution is -2.18. The van der Waals surface area contributed by atoms with Gasteiger partial charge < -0.3 is 10.3 Å². The van der Waals surface area contributed by atoms with E-state index in [1.807, 2.05) is 36.4 Å². The lowest BCUT2D eigenvalue weighted by atomic mass is 10.0. The van der Waals surface area contributed by atoms with Crippen LogP contribution in [-0.2, 0) is 0 Å². The number of hydrogen-bond acceptors (Lipinski definition) is 4. The van der Waals surface area contributed by atoms with Crippen LogP contribution in [0.1, 0.15) is 6.92 Å². The van der Waals surface area contributed by atoms with Gasteiger partial charge in [0, 0.05) is 16.5 Å². The van der Waals surface area contributed by atoms with Gasteiger partial charge in [0.1, 0.15) is 0 Å². The smallest absolute Gasteiger partial charge is 0.291 e. The molecule has 2 aromatic heterocycles. The van der Waals surface area contributed by atoms with Gasteiger partial charge in [-0.2, -0.15) is 5.10 Å². The number of nitrogens with one attached hydrogen (secondary N) is 3. The second kappa shape index (κ2) is 7.59. The molecule has 0 fully saturated rings. The van der Waals surface area contributed by atoms with Crippen LogP contribution in [0.4, 0.5) is 5.82 Å². The number of fused-ring (bicyclic) bond motifs is 1. The maximum atomic E-state index is 12.6. The molecule has 0 radical (unpaired) electrons. The standard InChI is InChI=1S/C21H16ClN5O/c1-2-3-9-23-20-21(28)26-19(18(25-20)13-7-5-4-6-8-13)14-10-15-12-24-27-17(15)16(22)11-14/h4-8,10-12H,9H2,1H3,(H,23,25)(H,24,27)(H,26,28). The molecule has 0 amide bonds. The Labute approximate surface area is 166 Å². The molecular weight excluding hydrogens is 374 g/mol. The summed E-state index contributed by atoms with van der Waals surface area (Å²) in [5.74, 6) is 5.88. The molecule has 0 spiro atoms. The van der Waals surface area contributed by atoms with E-state index in [0.717, 1.165) is 22.0 Å². The number of aromatic nitrogens is 4. The van der Waals surface area contributed by atoms with Gasteiger partial charge >= 0.3 is 0 Å². The second-order valence-corrected chi connectivity index (χ2v) is 6.48. The van der Waals surface area contributed by atoms with E-state index in [0.29, 0.717) is 23.0 Å². The maximum Gasteiger partial charge on any atom is 0.291 e. The van der Waals surface area contributed by atoms with Crippen molar-refractivity contribution in [1.82, 2.24) is 20.2 Å². The zero-order valence-corrected chi connectivity index (χ0v) is 15.8. The monoisotopic (exact) mass is 389 g/mol. The average molecular weight is 390 g/mol. The predicted molar refractivity (Wildman–Crippen MR) is 112 cm³/mol. The van der Waals surface area contributed by atoms with Gasteiger partial charge in [-0.15, -0.1) is 5.92 Å². The van der Waals surface area contributed by atoms with Crippen molar-refractivity contribution in [3.63, 3.8) is 0 Å². The third-order valence-corrected chi connectivity index (χ3v) is 4.57. The molecule has 0 aliphatic rings. The number of rotatable bonds is 4. The van der Waals surface area contributed by atoms with Gasteiger partial charge in [-0.05, 0) is 19.1 Å². The molecule has 0 saturated heterocycles. The summed E-state index contributed by atoms with van der Waals surface area (Å²) in [5, 5.41) is 11.2. The maximum absolute atomic E-state index is 12.6. The predicted octanol–water partition coefficient (Wildman–Crippen LogP) is 4.07. The van der Waals surface area contributed by atoms with Crippen LogP contribution in [0.5, 0.6) is 0 Å². The number of nitrogens with zero attached hydrogens (tertiary/aromatic N) is 2. The van der Waals surface area contributed by atoms with Gasteiger partial charge in [-0.25, -0.2) is 4.98 Å². The molecule has 0 unspecified atom stereocenters. The average Bonchev–Trinajstić information content (AvgIpc) is 3.19. The van der Waals surface area contributed by atoms with Crippen molar-refractivity contribution in [2.24, 2.45) is 0 Å². The van der Waals surface area contributed by atoms with Gasteiger partial charge in [-0.3, -0.25) is 9.89 Å². The van der Waals surface area contributed by atoms with Crippen LogP contribution in [0.15, 0.2) is 53.5 Å². The fourth-order valence-electron chi connectivity index (χ4n) is 2.96. The third kappa shape index (κ3) is 3.36. The molecule has 6 nitrogen and oxygen atoms in total. The normalized spacial score (nSPS) is 10.5. The first-order chi connectivity index (χ1) is 13.7. The van der Waals surface area contributed by atoms with Crippen LogP contribution < -0.4 is 10.9 Å². The fourth-order valence-corrected chi connectivity index (χ4v) is 3.23. The number of benzene rings is 2. The largest absolute Gasteiger partial charge is 0.355 e. The highest BCUT2D eigenvalue weighted by atomic mass is 35.5. The van der Waals surface area contributed by atoms with E-state index in [2.05, 4.69) is 37.3 Å². The van der Waals surface area contributed by atoms with Crippen LogP contribution in [-0.4, -0.2) is 26.7 Å². The summed E-state index contributed by atoms with van der Waals surface area (Å²) in [6.45, 7) is 2.08. The van der Waals surface area contributed by atoms with E-state index in [1.54, 1.807) is 19.2 Å². The summed E-state index contributed by atoms with van der Waals surface area (Å²) >= 11 is 6.40. The van der Waals surface area contributed by atoms with E-state index >= 15 is 0 Å². The van der Waals surface area contributed by atoms with Gasteiger partial charge in [0.05, 0.1) is 34.7 Å². The molecule has 0 bridgehead atoms. The Morgan fingerprint density at radius 2 is 2.00 bits per heavy atom. The Kier molecular flexibility index (Phi) is 4.83. The van der Waals surface area contributed by atoms with Crippen molar-refractivity contribution < 1.29 is 0 Å². The molecule has 0 saturated carbocycles. The molecular formula is C21H16ClN5O. The van der Waals surface area contributed by atoms with Crippen molar-refractivity contribution in [2.45, 2.75) is 6.92 Å². The van der Waals surface area contributed by atoms with Crippen LogP contribution in [0.25, 0.3) is 33.4 Å². The summed E-state index contributed by atoms with van der Waals surface area (Å²) in [6.07, 6.45) is 1.69. The lowest BCUT2D eigenvalue weighted by molar-refractivity contribution is 1.12. The van der Waals surface area contributed by atoms with E-state index in [9.17, 15) is 4.79 Å². The number of hydrogen-bond donors (Lipinski definition) is 3. The van der Waals surface area contributed by atoms with Crippen molar-refractivity contribution in [1.29, 1.82) is 0 Å². The Bertz CT molecular complexity index is 1260. The number of H-pyrrole nitrogens is 2. The molecule has 28 heavy (non-hydrogen) atoms. The Hall–Kier alpha value is -3.56. The van der Waals surface area contributed by atoms with Crippen LogP contribution in [0, 0.1) is 11.8 Å². The third-order valence-electron chi connectivity index (χ3n) is 4.27. The minimum absolute atomic E-state index is 0.223. The first-order valence-electron chi connectivity index (χ1n) is 8.63. The van der Waals surface area contributed by atoms with Gasteiger partial charge in [0.2, 0.25) is 0 Å². The fraction of sp³-hybridized carbons (Fsp3) is 0.0952. The van der Waals surface area contributed by atoms with Crippen molar-refractivity contribution in [3.05, 3.63) is 64.0 Å². The minimum Gasteiger partial charge on any atom is -0.355 e. The summed E-state index contributed by atoms with van der Waals surface area (Å²) in [6, 6.07) is 13.4. The Morgan fingerprint density at radius 1 is 1.18 bits per heavy atom. The Morgan fingerprint density at radius 3 is 2.79 bits per heavy atom. The first-order valence-corrected chi connectivity index (χ1v) is 9.01. The van der Waals surface area contributed by atoms with Crippen molar-refractivity contribution in [3.8, 4) is 34.4 Å². The molecule has 3 N–H and O–H groups in total.